The summed E-state index contributed by atoms with van der Waals surface area (Å²) in [5.41, 5.74) is 4.86. The Labute approximate surface area is 184 Å². The highest BCUT2D eigenvalue weighted by Gasteiger charge is 2.36. The number of hydrogen-bond donors (Lipinski definition) is 2. The minimum absolute atomic E-state index is 0.0447. The van der Waals surface area contributed by atoms with E-state index < -0.39 is 11.7 Å². The van der Waals surface area contributed by atoms with Gasteiger partial charge in [-0.2, -0.15) is 18.2 Å². The third kappa shape index (κ3) is 5.80. The molecular weight excluding hydrogens is 423 g/mol. The molecule has 0 amide bonds. The first kappa shape index (κ1) is 23.6. The lowest BCUT2D eigenvalue weighted by Crippen LogP contribution is -2.35. The number of allylic oxidation sites excluding steroid dienone is 1. The number of benzene rings is 1. The van der Waals surface area contributed by atoms with Crippen molar-refractivity contribution in [2.75, 3.05) is 13.2 Å². The van der Waals surface area contributed by atoms with E-state index in [4.69, 9.17) is 20.4 Å². The van der Waals surface area contributed by atoms with Crippen molar-refractivity contribution in [1.82, 2.24) is 15.0 Å². The van der Waals surface area contributed by atoms with Crippen molar-refractivity contribution in [3.63, 3.8) is 0 Å². The number of hydrogen-bond acceptors (Lipinski definition) is 5. The minimum Gasteiger partial charge on any atom is -0.489 e. The average molecular weight is 451 g/mol. The van der Waals surface area contributed by atoms with Crippen LogP contribution in [0.1, 0.15) is 62.9 Å². The lowest BCUT2D eigenvalue weighted by atomic mass is 10.1. The summed E-state index contributed by atoms with van der Waals surface area (Å²) in [5, 5.41) is 11.5. The van der Waals surface area contributed by atoms with Crippen LogP contribution in [0.2, 0.25) is 0 Å². The Kier molecular flexibility index (Phi) is 7.76. The SMILES string of the molecule is CCCCC/C=C/COc1ccc(-c2noc([C@@H]3CCCN3C(=N)N)n2)cc1C(F)(F)F. The van der Waals surface area contributed by atoms with Gasteiger partial charge in [-0.05, 0) is 43.9 Å². The number of guanidine groups is 1. The third-order valence-corrected chi connectivity index (χ3v) is 5.31. The smallest absolute Gasteiger partial charge is 0.419 e. The van der Waals surface area contributed by atoms with Crippen molar-refractivity contribution >= 4 is 5.96 Å². The van der Waals surface area contributed by atoms with Crippen LogP contribution in [0.4, 0.5) is 13.2 Å². The van der Waals surface area contributed by atoms with Gasteiger partial charge in [0.2, 0.25) is 11.7 Å². The lowest BCUT2D eigenvalue weighted by Gasteiger charge is -2.21. The van der Waals surface area contributed by atoms with Crippen LogP contribution in [0.3, 0.4) is 0 Å². The molecule has 1 fully saturated rings. The molecule has 0 radical (unpaired) electrons. The van der Waals surface area contributed by atoms with Crippen LogP contribution in [-0.4, -0.2) is 34.2 Å². The quantitative estimate of drug-likeness (QED) is 0.232. The molecule has 10 heteroatoms. The normalized spacial score (nSPS) is 16.8. The molecule has 1 aromatic carbocycles. The van der Waals surface area contributed by atoms with Gasteiger partial charge in [0, 0.05) is 12.1 Å². The number of nitrogens with two attached hydrogens (primary N) is 1. The molecule has 1 aliphatic heterocycles. The summed E-state index contributed by atoms with van der Waals surface area (Å²) in [5.74, 6) is -0.0766. The highest BCUT2D eigenvalue weighted by molar-refractivity contribution is 5.75. The van der Waals surface area contributed by atoms with Gasteiger partial charge in [-0.1, -0.05) is 37.1 Å². The molecule has 174 valence electrons. The number of nitrogens with zero attached hydrogens (tertiary/aromatic N) is 3. The van der Waals surface area contributed by atoms with E-state index in [-0.39, 0.29) is 41.6 Å². The number of aromatic nitrogens is 2. The molecule has 0 bridgehead atoms. The Morgan fingerprint density at radius 2 is 2.16 bits per heavy atom. The second-order valence-corrected chi connectivity index (χ2v) is 7.68. The van der Waals surface area contributed by atoms with Crippen LogP contribution >= 0.6 is 0 Å². The number of ether oxygens (including phenoxy) is 1. The Morgan fingerprint density at radius 3 is 2.88 bits per heavy atom. The maximum atomic E-state index is 13.6. The van der Waals surface area contributed by atoms with Gasteiger partial charge in [0.25, 0.3) is 0 Å². The minimum atomic E-state index is -4.60. The molecule has 0 unspecified atom stereocenters. The monoisotopic (exact) mass is 451 g/mol. The van der Waals surface area contributed by atoms with E-state index in [1.165, 1.54) is 12.1 Å². The van der Waals surface area contributed by atoms with Crippen LogP contribution in [0, 0.1) is 5.41 Å². The molecule has 3 N–H and O–H groups in total. The predicted molar refractivity (Wildman–Crippen MR) is 114 cm³/mol. The highest BCUT2D eigenvalue weighted by Crippen LogP contribution is 2.39. The molecular formula is C22H28F3N5O2. The number of unbranched alkanes of at least 4 members (excludes halogenated alkanes) is 3. The standard InChI is InChI=1S/C22H28F3N5O2/c1-2-3-4-5-6-7-13-31-18-11-10-15(14-16(18)22(23,24)25)19-28-20(32-29-19)17-9-8-12-30(17)21(26)27/h6-7,10-11,14,17H,2-5,8-9,12-13H2,1H3,(H3,26,27)/b7-6+/t17-/m0/s1. The van der Waals surface area contributed by atoms with Gasteiger partial charge in [-0.25, -0.2) is 0 Å². The highest BCUT2D eigenvalue weighted by atomic mass is 19.4. The molecule has 7 nitrogen and oxygen atoms in total. The van der Waals surface area contributed by atoms with E-state index in [0.29, 0.717) is 13.0 Å². The number of alkyl halides is 3. The Bertz CT molecular complexity index is 942. The van der Waals surface area contributed by atoms with Crippen LogP contribution in [0.5, 0.6) is 5.75 Å². The fourth-order valence-corrected chi connectivity index (χ4v) is 3.65. The maximum absolute atomic E-state index is 13.6. The maximum Gasteiger partial charge on any atom is 0.419 e. The first-order chi connectivity index (χ1) is 15.3. The fraction of sp³-hybridized carbons (Fsp3) is 0.500. The van der Waals surface area contributed by atoms with Crippen LogP contribution in [0.15, 0.2) is 34.9 Å². The molecule has 0 spiro atoms. The Balaban J connectivity index is 1.75. The van der Waals surface area contributed by atoms with Crippen molar-refractivity contribution in [3.05, 3.63) is 41.8 Å². The first-order valence-corrected chi connectivity index (χ1v) is 10.7. The van der Waals surface area contributed by atoms with E-state index in [2.05, 4.69) is 17.1 Å². The van der Waals surface area contributed by atoms with Gasteiger partial charge in [0.05, 0.1) is 5.56 Å². The first-order valence-electron chi connectivity index (χ1n) is 10.7. The van der Waals surface area contributed by atoms with E-state index >= 15 is 0 Å². The molecule has 1 aromatic heterocycles. The summed E-state index contributed by atoms with van der Waals surface area (Å²) in [4.78, 5) is 5.90. The molecule has 2 aromatic rings. The van der Waals surface area contributed by atoms with Crippen molar-refractivity contribution in [1.29, 1.82) is 5.41 Å². The second-order valence-electron chi connectivity index (χ2n) is 7.68. The molecule has 3 rings (SSSR count). The van der Waals surface area contributed by atoms with E-state index in [9.17, 15) is 13.2 Å². The van der Waals surface area contributed by atoms with Gasteiger partial charge in [-0.15, -0.1) is 0 Å². The van der Waals surface area contributed by atoms with Crippen LogP contribution in [-0.2, 0) is 6.18 Å². The van der Waals surface area contributed by atoms with Gasteiger partial charge < -0.3 is 19.9 Å². The molecule has 1 saturated heterocycles. The largest absolute Gasteiger partial charge is 0.489 e. The molecule has 1 atom stereocenters. The lowest BCUT2D eigenvalue weighted by molar-refractivity contribution is -0.138. The number of halogens is 3. The zero-order valence-corrected chi connectivity index (χ0v) is 18.0. The van der Waals surface area contributed by atoms with E-state index in [0.717, 1.165) is 38.2 Å². The molecule has 0 saturated carbocycles. The fourth-order valence-electron chi connectivity index (χ4n) is 3.65. The summed E-state index contributed by atoms with van der Waals surface area (Å²) in [6.07, 6.45) is 4.70. The molecule has 32 heavy (non-hydrogen) atoms. The van der Waals surface area contributed by atoms with Crippen LogP contribution in [0.25, 0.3) is 11.4 Å². The molecule has 2 heterocycles. The van der Waals surface area contributed by atoms with Gasteiger partial charge in [-0.3, -0.25) is 5.41 Å². The number of likely N-dealkylation sites (tertiary alicyclic amines) is 1. The van der Waals surface area contributed by atoms with E-state index in [1.807, 2.05) is 6.08 Å². The summed E-state index contributed by atoms with van der Waals surface area (Å²) >= 11 is 0. The summed E-state index contributed by atoms with van der Waals surface area (Å²) in [6.45, 7) is 2.76. The van der Waals surface area contributed by atoms with Crippen molar-refractivity contribution in [3.8, 4) is 17.1 Å². The summed E-state index contributed by atoms with van der Waals surface area (Å²) in [7, 11) is 0. The van der Waals surface area contributed by atoms with Gasteiger partial charge in [0.1, 0.15) is 18.4 Å². The number of nitrogens with one attached hydrogen (secondary N) is 1. The van der Waals surface area contributed by atoms with E-state index in [1.54, 1.807) is 11.0 Å². The summed E-state index contributed by atoms with van der Waals surface area (Å²) < 4.78 is 51.6. The Hall–Kier alpha value is -3.04. The molecule has 0 aliphatic carbocycles. The Morgan fingerprint density at radius 1 is 1.34 bits per heavy atom. The zero-order chi connectivity index (χ0) is 23.1. The molecule has 1 aliphatic rings. The average Bonchev–Trinajstić information content (AvgIpc) is 3.42. The van der Waals surface area contributed by atoms with Gasteiger partial charge in [0.15, 0.2) is 5.96 Å². The predicted octanol–water partition coefficient (Wildman–Crippen LogP) is 5.30. The van der Waals surface area contributed by atoms with Crippen molar-refractivity contribution in [2.45, 2.75) is 57.7 Å². The zero-order valence-electron chi connectivity index (χ0n) is 18.0. The van der Waals surface area contributed by atoms with Crippen molar-refractivity contribution in [2.24, 2.45) is 5.73 Å². The topological polar surface area (TPSA) is 101 Å². The third-order valence-electron chi connectivity index (χ3n) is 5.31. The van der Waals surface area contributed by atoms with Crippen LogP contribution < -0.4 is 10.5 Å². The van der Waals surface area contributed by atoms with Crippen molar-refractivity contribution < 1.29 is 22.4 Å². The number of rotatable bonds is 9. The second kappa shape index (κ2) is 10.5. The summed E-state index contributed by atoms with van der Waals surface area (Å²) in [6, 6.07) is 3.37. The van der Waals surface area contributed by atoms with Gasteiger partial charge >= 0.3 is 6.18 Å².